The standard InChI is InChI=1S/C20H25ClN2O5S/c21-16-3-5-17(6-4-16)29(26,27)23-9-7-22(8-10-23)19(24)13-28-20(25)18-12-14-1-2-15(18)11-14/h3-6,14-15,18H,1-2,7-13H2. The van der Waals surface area contributed by atoms with E-state index in [1.807, 2.05) is 0 Å². The van der Waals surface area contributed by atoms with Gasteiger partial charge in [-0.25, -0.2) is 8.42 Å². The van der Waals surface area contributed by atoms with Crippen LogP contribution in [0.2, 0.25) is 5.02 Å². The number of benzene rings is 1. The molecule has 3 fully saturated rings. The summed E-state index contributed by atoms with van der Waals surface area (Å²) in [4.78, 5) is 26.4. The van der Waals surface area contributed by atoms with Crippen LogP contribution in [-0.4, -0.2) is 62.3 Å². The number of carbonyl (C=O) groups is 2. The maximum Gasteiger partial charge on any atom is 0.309 e. The van der Waals surface area contributed by atoms with Crippen LogP contribution in [0.1, 0.15) is 25.7 Å². The van der Waals surface area contributed by atoms with Crippen molar-refractivity contribution in [2.75, 3.05) is 32.8 Å². The van der Waals surface area contributed by atoms with Crippen LogP contribution in [0.25, 0.3) is 0 Å². The second kappa shape index (κ2) is 8.24. The van der Waals surface area contributed by atoms with E-state index in [1.165, 1.54) is 22.9 Å². The molecule has 158 valence electrons. The third kappa shape index (κ3) is 4.29. The molecule has 0 aromatic heterocycles. The molecule has 2 saturated carbocycles. The van der Waals surface area contributed by atoms with Gasteiger partial charge in [-0.2, -0.15) is 4.31 Å². The van der Waals surface area contributed by atoms with Crippen molar-refractivity contribution in [1.29, 1.82) is 0 Å². The Balaban J connectivity index is 1.26. The smallest absolute Gasteiger partial charge is 0.309 e. The third-order valence-corrected chi connectivity index (χ3v) is 8.59. The largest absolute Gasteiger partial charge is 0.455 e. The Bertz CT molecular complexity index is 881. The topological polar surface area (TPSA) is 84.0 Å². The quantitative estimate of drug-likeness (QED) is 0.655. The molecule has 1 aromatic carbocycles. The molecule has 3 atom stereocenters. The van der Waals surface area contributed by atoms with Gasteiger partial charge in [0.05, 0.1) is 10.8 Å². The number of piperazine rings is 1. The average molecular weight is 441 g/mol. The molecular weight excluding hydrogens is 416 g/mol. The van der Waals surface area contributed by atoms with Crippen LogP contribution >= 0.6 is 11.6 Å². The van der Waals surface area contributed by atoms with Crippen LogP contribution in [0.5, 0.6) is 0 Å². The van der Waals surface area contributed by atoms with Crippen LogP contribution in [-0.2, 0) is 24.3 Å². The monoisotopic (exact) mass is 440 g/mol. The molecular formula is C20H25ClN2O5S. The molecule has 1 heterocycles. The Hall–Kier alpha value is -1.64. The van der Waals surface area contributed by atoms with Crippen molar-refractivity contribution in [3.63, 3.8) is 0 Å². The second-order valence-electron chi connectivity index (χ2n) is 8.13. The lowest BCUT2D eigenvalue weighted by molar-refractivity contribution is -0.157. The maximum atomic E-state index is 12.7. The second-order valence-corrected chi connectivity index (χ2v) is 10.5. The zero-order valence-corrected chi connectivity index (χ0v) is 17.7. The van der Waals surface area contributed by atoms with Crippen molar-refractivity contribution >= 4 is 33.5 Å². The minimum atomic E-state index is -3.62. The first-order valence-corrected chi connectivity index (χ1v) is 11.9. The van der Waals surface area contributed by atoms with Crippen LogP contribution < -0.4 is 0 Å². The summed E-state index contributed by atoms with van der Waals surface area (Å²) in [5.41, 5.74) is 0. The van der Waals surface area contributed by atoms with E-state index in [0.29, 0.717) is 16.9 Å². The fraction of sp³-hybridized carbons (Fsp3) is 0.600. The lowest BCUT2D eigenvalue weighted by Crippen LogP contribution is -2.51. The van der Waals surface area contributed by atoms with Gasteiger partial charge in [0.15, 0.2) is 6.61 Å². The summed E-state index contributed by atoms with van der Waals surface area (Å²) in [7, 11) is -3.62. The predicted octanol–water partition coefficient (Wildman–Crippen LogP) is 2.15. The highest BCUT2D eigenvalue weighted by Gasteiger charge is 2.44. The van der Waals surface area contributed by atoms with E-state index >= 15 is 0 Å². The van der Waals surface area contributed by atoms with Crippen molar-refractivity contribution in [2.24, 2.45) is 17.8 Å². The number of esters is 1. The van der Waals surface area contributed by atoms with Gasteiger partial charge in [0.1, 0.15) is 0 Å². The zero-order chi connectivity index (χ0) is 20.6. The van der Waals surface area contributed by atoms with Gasteiger partial charge in [-0.15, -0.1) is 0 Å². The van der Waals surface area contributed by atoms with Crippen molar-refractivity contribution in [1.82, 2.24) is 9.21 Å². The van der Waals surface area contributed by atoms with Gasteiger partial charge in [0.2, 0.25) is 10.0 Å². The van der Waals surface area contributed by atoms with Gasteiger partial charge in [0, 0.05) is 31.2 Å². The number of fused-ring (bicyclic) bond motifs is 2. The number of ether oxygens (including phenoxy) is 1. The molecule has 9 heteroatoms. The molecule has 7 nitrogen and oxygen atoms in total. The SMILES string of the molecule is O=C(OCC(=O)N1CCN(S(=O)(=O)c2ccc(Cl)cc2)CC1)C1CC2CCC1C2. The van der Waals surface area contributed by atoms with E-state index in [1.54, 1.807) is 17.0 Å². The summed E-state index contributed by atoms with van der Waals surface area (Å²) >= 11 is 5.82. The number of nitrogens with zero attached hydrogens (tertiary/aromatic N) is 2. The number of amides is 1. The first-order valence-electron chi connectivity index (χ1n) is 10.0. The molecule has 0 radical (unpaired) electrons. The van der Waals surface area contributed by atoms with Crippen molar-refractivity contribution in [3.8, 4) is 0 Å². The van der Waals surface area contributed by atoms with Gasteiger partial charge < -0.3 is 9.64 Å². The highest BCUT2D eigenvalue weighted by Crippen LogP contribution is 2.48. The normalized spacial score (nSPS) is 27.2. The predicted molar refractivity (Wildman–Crippen MR) is 107 cm³/mol. The Kier molecular flexibility index (Phi) is 5.86. The fourth-order valence-electron chi connectivity index (χ4n) is 4.80. The summed E-state index contributed by atoms with van der Waals surface area (Å²) in [6, 6.07) is 6.03. The number of halogens is 1. The van der Waals surface area contributed by atoms with E-state index in [-0.39, 0.29) is 55.5 Å². The van der Waals surface area contributed by atoms with Crippen LogP contribution in [0, 0.1) is 17.8 Å². The summed E-state index contributed by atoms with van der Waals surface area (Å²) < 4.78 is 32.1. The molecule has 4 rings (SSSR count). The number of hydrogen-bond acceptors (Lipinski definition) is 5. The molecule has 1 aliphatic heterocycles. The molecule has 29 heavy (non-hydrogen) atoms. The minimum absolute atomic E-state index is 0.0529. The van der Waals surface area contributed by atoms with E-state index in [4.69, 9.17) is 16.3 Å². The Morgan fingerprint density at radius 3 is 2.31 bits per heavy atom. The number of carbonyl (C=O) groups excluding carboxylic acids is 2. The summed E-state index contributed by atoms with van der Waals surface area (Å²) in [6.45, 7) is 0.694. The van der Waals surface area contributed by atoms with Gasteiger partial charge in [0.25, 0.3) is 5.91 Å². The minimum Gasteiger partial charge on any atom is -0.455 e. The van der Waals surface area contributed by atoms with Crippen LogP contribution in [0.4, 0.5) is 0 Å². The molecule has 0 N–H and O–H groups in total. The Labute approximate surface area is 176 Å². The average Bonchev–Trinajstić information content (AvgIpc) is 3.36. The third-order valence-electron chi connectivity index (χ3n) is 6.42. The number of rotatable bonds is 5. The van der Waals surface area contributed by atoms with Crippen molar-refractivity contribution in [2.45, 2.75) is 30.6 Å². The highest BCUT2D eigenvalue weighted by molar-refractivity contribution is 7.89. The van der Waals surface area contributed by atoms with Crippen LogP contribution in [0.15, 0.2) is 29.2 Å². The fourth-order valence-corrected chi connectivity index (χ4v) is 6.35. The first-order chi connectivity index (χ1) is 13.8. The highest BCUT2D eigenvalue weighted by atomic mass is 35.5. The molecule has 3 aliphatic rings. The van der Waals surface area contributed by atoms with Crippen LogP contribution in [0.3, 0.4) is 0 Å². The van der Waals surface area contributed by atoms with E-state index in [0.717, 1.165) is 19.3 Å². The van der Waals surface area contributed by atoms with Crippen molar-refractivity contribution in [3.05, 3.63) is 29.3 Å². The lowest BCUT2D eigenvalue weighted by Gasteiger charge is -2.34. The lowest BCUT2D eigenvalue weighted by atomic mass is 9.89. The molecule has 2 aliphatic carbocycles. The molecule has 3 unspecified atom stereocenters. The Morgan fingerprint density at radius 2 is 1.72 bits per heavy atom. The first kappa shape index (κ1) is 20.6. The summed E-state index contributed by atoms with van der Waals surface area (Å²) in [5.74, 6) is 0.482. The Morgan fingerprint density at radius 1 is 1.03 bits per heavy atom. The molecule has 2 bridgehead atoms. The van der Waals surface area contributed by atoms with Gasteiger partial charge in [-0.05, 0) is 55.4 Å². The molecule has 1 aromatic rings. The number of hydrogen-bond donors (Lipinski definition) is 0. The molecule has 0 spiro atoms. The van der Waals surface area contributed by atoms with Gasteiger partial charge >= 0.3 is 5.97 Å². The van der Waals surface area contributed by atoms with E-state index in [9.17, 15) is 18.0 Å². The molecule has 1 saturated heterocycles. The van der Waals surface area contributed by atoms with Crippen molar-refractivity contribution < 1.29 is 22.7 Å². The van der Waals surface area contributed by atoms with E-state index < -0.39 is 10.0 Å². The summed E-state index contributed by atoms with van der Waals surface area (Å²) in [5, 5.41) is 0.472. The summed E-state index contributed by atoms with van der Waals surface area (Å²) in [6.07, 6.45) is 4.29. The van der Waals surface area contributed by atoms with Gasteiger partial charge in [-0.3, -0.25) is 9.59 Å². The van der Waals surface area contributed by atoms with E-state index in [2.05, 4.69) is 0 Å². The zero-order valence-electron chi connectivity index (χ0n) is 16.1. The maximum absolute atomic E-state index is 12.7. The molecule has 1 amide bonds. The van der Waals surface area contributed by atoms with Gasteiger partial charge in [-0.1, -0.05) is 18.0 Å². The number of sulfonamides is 1.